The van der Waals surface area contributed by atoms with E-state index < -0.39 is 15.3 Å². The molecule has 1 saturated heterocycles. The third-order valence-electron chi connectivity index (χ3n) is 4.08. The predicted molar refractivity (Wildman–Crippen MR) is 85.8 cm³/mol. The van der Waals surface area contributed by atoms with E-state index in [1.54, 1.807) is 0 Å². The summed E-state index contributed by atoms with van der Waals surface area (Å²) < 4.78 is 23.4. The van der Waals surface area contributed by atoms with Crippen molar-refractivity contribution in [3.8, 4) is 0 Å². The Morgan fingerprint density at radius 2 is 1.95 bits per heavy atom. The molecule has 0 amide bonds. The van der Waals surface area contributed by atoms with E-state index in [9.17, 15) is 8.42 Å². The summed E-state index contributed by atoms with van der Waals surface area (Å²) in [5, 5.41) is 0.666. The van der Waals surface area contributed by atoms with Gasteiger partial charge < -0.3 is 0 Å². The fourth-order valence-electron chi connectivity index (χ4n) is 2.82. The second kappa shape index (κ2) is 6.43. The Balaban J connectivity index is 2.26. The lowest BCUT2D eigenvalue weighted by Crippen LogP contribution is -2.37. The molecule has 0 aromatic heterocycles. The maximum absolute atomic E-state index is 11.7. The number of hydrogen-bond acceptors (Lipinski definition) is 2. The summed E-state index contributed by atoms with van der Waals surface area (Å²) in [4.78, 5) is 0. The highest BCUT2D eigenvalue weighted by Crippen LogP contribution is 2.41. The third kappa shape index (κ3) is 3.62. The highest BCUT2D eigenvalue weighted by Gasteiger charge is 2.43. The zero-order chi connectivity index (χ0) is 14.8. The molecule has 1 aromatic rings. The van der Waals surface area contributed by atoms with Gasteiger partial charge in [-0.1, -0.05) is 23.7 Å². The zero-order valence-corrected chi connectivity index (χ0v) is 14.1. The molecule has 1 heterocycles. The van der Waals surface area contributed by atoms with Gasteiger partial charge in [-0.05, 0) is 36.5 Å². The van der Waals surface area contributed by atoms with Crippen LogP contribution in [0.4, 0.5) is 0 Å². The number of benzene rings is 1. The molecule has 6 heteroatoms. The fourth-order valence-corrected chi connectivity index (χ4v) is 5.89. The van der Waals surface area contributed by atoms with Crippen molar-refractivity contribution in [2.45, 2.75) is 12.8 Å². The molecule has 0 N–H and O–H groups in total. The van der Waals surface area contributed by atoms with Crippen LogP contribution in [-0.2, 0) is 16.3 Å². The van der Waals surface area contributed by atoms with Crippen LogP contribution in [0.1, 0.15) is 12.0 Å². The van der Waals surface area contributed by atoms with Crippen LogP contribution in [0.2, 0.25) is 5.02 Å². The molecule has 0 aliphatic carbocycles. The van der Waals surface area contributed by atoms with Gasteiger partial charge in [0.05, 0.1) is 11.5 Å². The summed E-state index contributed by atoms with van der Waals surface area (Å²) in [6.45, 7) is 0. The van der Waals surface area contributed by atoms with Crippen LogP contribution in [0.3, 0.4) is 0 Å². The molecule has 1 aromatic carbocycles. The maximum Gasteiger partial charge on any atom is 0.150 e. The Bertz CT molecular complexity index is 568. The van der Waals surface area contributed by atoms with Gasteiger partial charge in [-0.2, -0.15) is 0 Å². The Morgan fingerprint density at radius 3 is 2.45 bits per heavy atom. The average molecular weight is 356 g/mol. The lowest BCUT2D eigenvalue weighted by atomic mass is 9.74. The molecule has 20 heavy (non-hydrogen) atoms. The van der Waals surface area contributed by atoms with Gasteiger partial charge in [0.2, 0.25) is 0 Å². The van der Waals surface area contributed by atoms with E-state index in [0.29, 0.717) is 29.6 Å². The molecule has 1 aliphatic heterocycles. The smallest absolute Gasteiger partial charge is 0.150 e. The van der Waals surface area contributed by atoms with Crippen LogP contribution in [0.15, 0.2) is 24.3 Å². The molecular weight excluding hydrogens is 339 g/mol. The van der Waals surface area contributed by atoms with Crippen LogP contribution in [0.5, 0.6) is 0 Å². The lowest BCUT2D eigenvalue weighted by Gasteiger charge is -2.35. The van der Waals surface area contributed by atoms with Gasteiger partial charge in [0, 0.05) is 22.2 Å². The van der Waals surface area contributed by atoms with Gasteiger partial charge in [0.15, 0.2) is 9.84 Å². The second-order valence-electron chi connectivity index (χ2n) is 5.54. The molecule has 1 unspecified atom stereocenters. The summed E-state index contributed by atoms with van der Waals surface area (Å²) in [6.07, 6.45) is 1.29. The molecule has 0 saturated carbocycles. The molecule has 0 spiro atoms. The summed E-state index contributed by atoms with van der Waals surface area (Å²) >= 11 is 18.4. The maximum atomic E-state index is 11.7. The minimum Gasteiger partial charge on any atom is -0.229 e. The molecule has 2 rings (SSSR count). The third-order valence-corrected chi connectivity index (χ3v) is 7.14. The topological polar surface area (TPSA) is 34.1 Å². The number of halogens is 3. The minimum absolute atomic E-state index is 0.0153. The highest BCUT2D eigenvalue weighted by atomic mass is 35.5. The van der Waals surface area contributed by atoms with Gasteiger partial charge in [-0.25, -0.2) is 8.42 Å². The number of alkyl halides is 2. The molecule has 0 radical (unpaired) electrons. The Kier molecular flexibility index (Phi) is 5.28. The Morgan fingerprint density at radius 1 is 1.25 bits per heavy atom. The van der Waals surface area contributed by atoms with Crippen LogP contribution in [-0.4, -0.2) is 31.7 Å². The summed E-state index contributed by atoms with van der Waals surface area (Å²) in [5.41, 5.74) is 0.653. The normalized spacial score (nSPS) is 22.1. The van der Waals surface area contributed by atoms with Gasteiger partial charge in [-0.3, -0.25) is 0 Å². The second-order valence-corrected chi connectivity index (χ2v) is 8.74. The van der Waals surface area contributed by atoms with E-state index in [4.69, 9.17) is 34.8 Å². The Labute approximate surface area is 135 Å². The number of rotatable bonds is 5. The van der Waals surface area contributed by atoms with Crippen LogP contribution >= 0.6 is 34.8 Å². The average Bonchev–Trinajstić information content (AvgIpc) is 2.77. The first kappa shape index (κ1) is 16.4. The van der Waals surface area contributed by atoms with E-state index in [2.05, 4.69) is 0 Å². The van der Waals surface area contributed by atoms with E-state index >= 15 is 0 Å². The molecule has 1 fully saturated rings. The lowest BCUT2D eigenvalue weighted by molar-refractivity contribution is 0.244. The van der Waals surface area contributed by atoms with Crippen molar-refractivity contribution >= 4 is 44.6 Å². The highest BCUT2D eigenvalue weighted by molar-refractivity contribution is 7.91. The fraction of sp³-hybridized carbons (Fsp3) is 0.571. The Hall–Kier alpha value is 0.0400. The van der Waals surface area contributed by atoms with Crippen molar-refractivity contribution in [3.05, 3.63) is 34.9 Å². The minimum atomic E-state index is -2.94. The quantitative estimate of drug-likeness (QED) is 0.753. The molecule has 1 atom stereocenters. The van der Waals surface area contributed by atoms with Crippen LogP contribution in [0.25, 0.3) is 0 Å². The molecular formula is C14H17Cl3O2S. The van der Waals surface area contributed by atoms with E-state index in [1.165, 1.54) is 0 Å². The van der Waals surface area contributed by atoms with Gasteiger partial charge in [0.1, 0.15) is 0 Å². The van der Waals surface area contributed by atoms with Crippen molar-refractivity contribution < 1.29 is 8.42 Å². The van der Waals surface area contributed by atoms with Crippen molar-refractivity contribution in [2.75, 3.05) is 23.3 Å². The molecule has 1 aliphatic rings. The van der Waals surface area contributed by atoms with Crippen molar-refractivity contribution in [3.63, 3.8) is 0 Å². The first-order valence-corrected chi connectivity index (χ1v) is 9.74. The predicted octanol–water partition coefficient (Wildman–Crippen LogP) is 3.78. The van der Waals surface area contributed by atoms with E-state index in [-0.39, 0.29) is 17.4 Å². The number of hydrogen-bond donors (Lipinski definition) is 0. The van der Waals surface area contributed by atoms with Crippen LogP contribution in [0, 0.1) is 11.3 Å². The van der Waals surface area contributed by atoms with Crippen molar-refractivity contribution in [2.24, 2.45) is 11.3 Å². The summed E-state index contributed by atoms with van der Waals surface area (Å²) in [6, 6.07) is 7.56. The molecule has 2 nitrogen and oxygen atoms in total. The van der Waals surface area contributed by atoms with E-state index in [1.807, 2.05) is 24.3 Å². The van der Waals surface area contributed by atoms with Gasteiger partial charge in [0.25, 0.3) is 0 Å². The summed E-state index contributed by atoms with van der Waals surface area (Å²) in [7, 11) is -2.94. The molecule has 112 valence electrons. The van der Waals surface area contributed by atoms with Gasteiger partial charge in [-0.15, -0.1) is 23.2 Å². The van der Waals surface area contributed by atoms with E-state index in [0.717, 1.165) is 5.56 Å². The largest absolute Gasteiger partial charge is 0.229 e. The summed E-state index contributed by atoms with van der Waals surface area (Å²) in [5.74, 6) is 1.14. The zero-order valence-electron chi connectivity index (χ0n) is 11.0. The van der Waals surface area contributed by atoms with Crippen molar-refractivity contribution in [1.29, 1.82) is 0 Å². The molecule has 0 bridgehead atoms. The van der Waals surface area contributed by atoms with Crippen LogP contribution < -0.4 is 0 Å². The number of sulfone groups is 1. The van der Waals surface area contributed by atoms with Crippen molar-refractivity contribution in [1.82, 2.24) is 0 Å². The SMILES string of the molecule is O=S1(=O)CCC(C(CCl)(CCl)Cc2cccc(Cl)c2)C1. The first-order chi connectivity index (χ1) is 9.41. The monoisotopic (exact) mass is 354 g/mol. The standard InChI is InChI=1S/C14H17Cl3O2S/c15-9-14(10-16,12-4-5-20(18,19)8-12)7-11-2-1-3-13(17)6-11/h1-3,6,12H,4-5,7-10H2. The first-order valence-electron chi connectivity index (χ1n) is 6.47. The van der Waals surface area contributed by atoms with Gasteiger partial charge >= 0.3 is 0 Å².